The van der Waals surface area contributed by atoms with Gasteiger partial charge in [-0.05, 0) is 47.7 Å². The highest BCUT2D eigenvalue weighted by molar-refractivity contribution is 5.82. The van der Waals surface area contributed by atoms with Gasteiger partial charge in [-0.1, -0.05) is 0 Å². The van der Waals surface area contributed by atoms with E-state index in [1.807, 2.05) is 0 Å². The zero-order chi connectivity index (χ0) is 19.7. The third-order valence-corrected chi connectivity index (χ3v) is 3.82. The first-order valence-corrected chi connectivity index (χ1v) is 7.93. The molecule has 0 bridgehead atoms. The van der Waals surface area contributed by atoms with Gasteiger partial charge in [0.1, 0.15) is 17.1 Å². The second kappa shape index (κ2) is 6.83. The maximum Gasteiger partial charge on any atom is 0.573 e. The van der Waals surface area contributed by atoms with Gasteiger partial charge in [-0.3, -0.25) is 0 Å². The number of nitrogens with zero attached hydrogens (tertiary/aromatic N) is 3. The van der Waals surface area contributed by atoms with Crippen molar-refractivity contribution in [3.05, 3.63) is 53.8 Å². The molecule has 4 aromatic rings. The number of fused-ring (bicyclic) bond motifs is 1. The minimum absolute atomic E-state index is 0.0967. The van der Waals surface area contributed by atoms with E-state index in [4.69, 9.17) is 4.42 Å². The van der Waals surface area contributed by atoms with Gasteiger partial charge in [-0.25, -0.2) is 4.39 Å². The number of halogens is 4. The van der Waals surface area contributed by atoms with Crippen LogP contribution in [0.2, 0.25) is 0 Å². The number of tetrazole rings is 1. The molecule has 2 aromatic heterocycles. The van der Waals surface area contributed by atoms with Crippen molar-refractivity contribution in [2.75, 3.05) is 5.32 Å². The first-order valence-electron chi connectivity index (χ1n) is 7.93. The molecule has 0 radical (unpaired) electrons. The number of hydrogen-bond donors (Lipinski definition) is 2. The van der Waals surface area contributed by atoms with E-state index in [1.54, 1.807) is 6.07 Å². The van der Waals surface area contributed by atoms with Crippen LogP contribution in [0.3, 0.4) is 0 Å². The Morgan fingerprint density at radius 1 is 1.11 bits per heavy atom. The van der Waals surface area contributed by atoms with Crippen LogP contribution in [0.25, 0.3) is 22.6 Å². The van der Waals surface area contributed by atoms with E-state index in [-0.39, 0.29) is 18.1 Å². The Labute approximate surface area is 154 Å². The van der Waals surface area contributed by atoms with Crippen molar-refractivity contribution in [1.82, 2.24) is 20.6 Å². The molecule has 0 aliphatic rings. The molecule has 0 saturated carbocycles. The van der Waals surface area contributed by atoms with E-state index in [0.29, 0.717) is 28.0 Å². The van der Waals surface area contributed by atoms with Crippen molar-refractivity contribution in [2.45, 2.75) is 12.9 Å². The van der Waals surface area contributed by atoms with Gasteiger partial charge in [0.25, 0.3) is 0 Å². The summed E-state index contributed by atoms with van der Waals surface area (Å²) in [6, 6.07) is 9.58. The average Bonchev–Trinajstić information content (AvgIpc) is 3.28. The standard InChI is InChI=1S/C17H11F4N5O2/c18-13-5-9-6-15(16-23-25-26-24-16)27-14(9)7-10(13)8-22-11-1-3-12(4-2-11)28-17(19,20)21/h1-7,22H,8H2,(H,23,24,25,26). The Bertz CT molecular complexity index is 1090. The lowest BCUT2D eigenvalue weighted by atomic mass is 10.1. The minimum Gasteiger partial charge on any atom is -0.453 e. The zero-order valence-electron chi connectivity index (χ0n) is 13.9. The molecule has 0 aliphatic carbocycles. The molecule has 0 aliphatic heterocycles. The molecule has 2 aromatic carbocycles. The molecule has 11 heteroatoms. The fourth-order valence-electron chi connectivity index (χ4n) is 2.58. The fourth-order valence-corrected chi connectivity index (χ4v) is 2.58. The van der Waals surface area contributed by atoms with E-state index in [1.165, 1.54) is 36.4 Å². The first-order chi connectivity index (χ1) is 13.4. The number of hydrogen-bond acceptors (Lipinski definition) is 6. The van der Waals surface area contributed by atoms with Gasteiger partial charge in [0.05, 0.1) is 0 Å². The molecule has 0 unspecified atom stereocenters. The number of aromatic amines is 1. The number of anilines is 1. The van der Waals surface area contributed by atoms with E-state index >= 15 is 0 Å². The van der Waals surface area contributed by atoms with Crippen molar-refractivity contribution in [3.63, 3.8) is 0 Å². The smallest absolute Gasteiger partial charge is 0.453 e. The molecule has 0 fully saturated rings. The Kier molecular flexibility index (Phi) is 4.34. The van der Waals surface area contributed by atoms with Crippen LogP contribution in [0.4, 0.5) is 23.2 Å². The number of rotatable bonds is 5. The number of H-pyrrole nitrogens is 1. The van der Waals surface area contributed by atoms with Crippen LogP contribution in [0, 0.1) is 5.82 Å². The van der Waals surface area contributed by atoms with Crippen LogP contribution in [-0.2, 0) is 6.54 Å². The van der Waals surface area contributed by atoms with Gasteiger partial charge in [0, 0.05) is 23.2 Å². The summed E-state index contributed by atoms with van der Waals surface area (Å²) in [4.78, 5) is 0. The summed E-state index contributed by atoms with van der Waals surface area (Å²) in [5, 5.41) is 16.8. The first kappa shape index (κ1) is 17.8. The lowest BCUT2D eigenvalue weighted by Gasteiger charge is -2.11. The SMILES string of the molecule is Fc1cc2cc(-c3nn[nH]n3)oc2cc1CNc1ccc(OC(F)(F)F)cc1. The molecule has 4 rings (SSSR count). The van der Waals surface area contributed by atoms with Gasteiger partial charge < -0.3 is 14.5 Å². The van der Waals surface area contributed by atoms with Crippen LogP contribution in [0.5, 0.6) is 5.75 Å². The number of ether oxygens (including phenoxy) is 1. The lowest BCUT2D eigenvalue weighted by Crippen LogP contribution is -2.17. The maximum absolute atomic E-state index is 14.3. The van der Waals surface area contributed by atoms with Crippen LogP contribution in [0.1, 0.15) is 5.56 Å². The van der Waals surface area contributed by atoms with Gasteiger partial charge in [0.2, 0.25) is 5.82 Å². The molecular weight excluding hydrogens is 382 g/mol. The van der Waals surface area contributed by atoms with Crippen LogP contribution in [-0.4, -0.2) is 27.0 Å². The van der Waals surface area contributed by atoms with Crippen LogP contribution < -0.4 is 10.1 Å². The highest BCUT2D eigenvalue weighted by Crippen LogP contribution is 2.28. The van der Waals surface area contributed by atoms with Crippen LogP contribution in [0.15, 0.2) is 46.9 Å². The van der Waals surface area contributed by atoms with E-state index < -0.39 is 12.2 Å². The summed E-state index contributed by atoms with van der Waals surface area (Å²) in [5.74, 6) is -0.210. The Hall–Kier alpha value is -3.63. The molecule has 28 heavy (non-hydrogen) atoms. The van der Waals surface area contributed by atoms with Crippen molar-refractivity contribution in [3.8, 4) is 17.3 Å². The highest BCUT2D eigenvalue weighted by atomic mass is 19.4. The van der Waals surface area contributed by atoms with Gasteiger partial charge in [0.15, 0.2) is 5.76 Å². The molecule has 0 saturated heterocycles. The number of aromatic nitrogens is 4. The summed E-state index contributed by atoms with van der Waals surface area (Å²) in [6.45, 7) is 0.0967. The van der Waals surface area contributed by atoms with Gasteiger partial charge in [-0.15, -0.1) is 23.4 Å². The van der Waals surface area contributed by atoms with E-state index in [2.05, 4.69) is 30.7 Å². The monoisotopic (exact) mass is 393 g/mol. The Morgan fingerprint density at radius 3 is 2.57 bits per heavy atom. The number of furan rings is 1. The summed E-state index contributed by atoms with van der Waals surface area (Å²) < 4.78 is 60.3. The molecule has 0 amide bonds. The number of alkyl halides is 3. The number of nitrogens with one attached hydrogen (secondary N) is 2. The zero-order valence-corrected chi connectivity index (χ0v) is 13.9. The molecule has 2 N–H and O–H groups in total. The highest BCUT2D eigenvalue weighted by Gasteiger charge is 2.30. The predicted octanol–water partition coefficient (Wildman–Crippen LogP) is 4.26. The molecule has 0 spiro atoms. The summed E-state index contributed by atoms with van der Waals surface area (Å²) >= 11 is 0. The average molecular weight is 393 g/mol. The van der Waals surface area contributed by atoms with Gasteiger partial charge >= 0.3 is 6.36 Å². The second-order valence-electron chi connectivity index (χ2n) is 5.75. The van der Waals surface area contributed by atoms with Crippen molar-refractivity contribution in [1.29, 1.82) is 0 Å². The quantitative estimate of drug-likeness (QED) is 0.493. The Balaban J connectivity index is 1.49. The van der Waals surface area contributed by atoms with Gasteiger partial charge in [-0.2, -0.15) is 5.21 Å². The summed E-state index contributed by atoms with van der Waals surface area (Å²) in [7, 11) is 0. The van der Waals surface area contributed by atoms with E-state index in [0.717, 1.165) is 0 Å². The topological polar surface area (TPSA) is 88.9 Å². The summed E-state index contributed by atoms with van der Waals surface area (Å²) in [5.41, 5.74) is 1.25. The van der Waals surface area contributed by atoms with Crippen molar-refractivity contribution in [2.24, 2.45) is 0 Å². The van der Waals surface area contributed by atoms with Crippen LogP contribution >= 0.6 is 0 Å². The van der Waals surface area contributed by atoms with E-state index in [9.17, 15) is 17.6 Å². The third-order valence-electron chi connectivity index (χ3n) is 3.82. The largest absolute Gasteiger partial charge is 0.573 e. The molecular formula is C17H11F4N5O2. The predicted molar refractivity (Wildman–Crippen MR) is 89.8 cm³/mol. The summed E-state index contributed by atoms with van der Waals surface area (Å²) in [6.07, 6.45) is -4.75. The van der Waals surface area contributed by atoms with Crippen molar-refractivity contribution >= 4 is 16.7 Å². The molecule has 7 nitrogen and oxygen atoms in total. The third kappa shape index (κ3) is 3.87. The second-order valence-corrected chi connectivity index (χ2v) is 5.75. The maximum atomic E-state index is 14.3. The number of benzene rings is 2. The molecule has 2 heterocycles. The minimum atomic E-state index is -4.75. The fraction of sp³-hybridized carbons (Fsp3) is 0.118. The van der Waals surface area contributed by atoms with Crippen molar-refractivity contribution < 1.29 is 26.7 Å². The lowest BCUT2D eigenvalue weighted by molar-refractivity contribution is -0.274. The molecule has 0 atom stereocenters. The normalized spacial score (nSPS) is 11.7. The molecule has 144 valence electrons. The Morgan fingerprint density at radius 2 is 1.89 bits per heavy atom.